The average Bonchev–Trinajstić information content (AvgIpc) is 3.22. The highest BCUT2D eigenvalue weighted by atomic mass is 19.3. The van der Waals surface area contributed by atoms with Gasteiger partial charge in [-0.25, -0.2) is 13.8 Å². The number of ether oxygens (including phenoxy) is 2. The van der Waals surface area contributed by atoms with Crippen molar-refractivity contribution in [3.8, 4) is 22.6 Å². The topological polar surface area (TPSA) is 64.2 Å². The number of aromatic amines is 1. The van der Waals surface area contributed by atoms with Gasteiger partial charge in [-0.05, 0) is 35.9 Å². The van der Waals surface area contributed by atoms with Crippen molar-refractivity contribution >= 4 is 16.8 Å². The lowest BCUT2D eigenvalue weighted by Gasteiger charge is -2.14. The molecule has 0 bridgehead atoms. The van der Waals surface area contributed by atoms with Crippen molar-refractivity contribution in [2.45, 2.75) is 6.11 Å². The number of pyridine rings is 1. The molecule has 32 heavy (non-hydrogen) atoms. The molecule has 4 aromatic rings. The fraction of sp³-hybridized carbons (Fsp3) is 0.130. The minimum absolute atomic E-state index is 0.0462. The van der Waals surface area contributed by atoms with Crippen molar-refractivity contribution in [3.63, 3.8) is 0 Å². The maximum atomic E-state index is 14.6. The van der Waals surface area contributed by atoms with Crippen molar-refractivity contribution in [3.05, 3.63) is 77.9 Å². The third kappa shape index (κ3) is 4.01. The fourth-order valence-corrected chi connectivity index (χ4v) is 3.25. The summed E-state index contributed by atoms with van der Waals surface area (Å²) in [5.41, 5.74) is 1.67. The van der Waals surface area contributed by atoms with E-state index in [1.165, 1.54) is 62.0 Å². The van der Waals surface area contributed by atoms with Gasteiger partial charge in [0, 0.05) is 28.9 Å². The number of carbonyl (C=O) groups excluding carboxylic acids is 1. The van der Waals surface area contributed by atoms with Gasteiger partial charge >= 0.3 is 6.11 Å². The number of halogens is 4. The van der Waals surface area contributed by atoms with Gasteiger partial charge in [0.2, 0.25) is 0 Å². The van der Waals surface area contributed by atoms with Crippen LogP contribution in [0.25, 0.3) is 22.2 Å². The molecule has 0 aliphatic carbocycles. The number of rotatable bonds is 7. The number of aromatic nitrogens is 2. The molecule has 2 aromatic heterocycles. The maximum absolute atomic E-state index is 14.6. The predicted molar refractivity (Wildman–Crippen MR) is 109 cm³/mol. The Morgan fingerprint density at radius 3 is 2.53 bits per heavy atom. The molecular formula is C23H16F4N2O3. The zero-order chi connectivity index (χ0) is 22.9. The lowest BCUT2D eigenvalue weighted by atomic mass is 10.0. The number of H-pyrrole nitrogens is 1. The molecule has 0 saturated heterocycles. The molecule has 4 rings (SSSR count). The molecule has 0 spiro atoms. The number of alkyl halides is 3. The second-order valence-electron chi connectivity index (χ2n) is 6.87. The van der Waals surface area contributed by atoms with E-state index in [1.807, 2.05) is 0 Å². The maximum Gasteiger partial charge on any atom is 0.427 e. The first kappa shape index (κ1) is 21.4. The number of hydrogen-bond acceptors (Lipinski definition) is 4. The molecule has 9 heteroatoms. The Morgan fingerprint density at radius 2 is 1.84 bits per heavy atom. The molecule has 5 nitrogen and oxygen atoms in total. The number of hydrogen-bond donors (Lipinski definition) is 1. The highest BCUT2D eigenvalue weighted by Crippen LogP contribution is 2.30. The van der Waals surface area contributed by atoms with Gasteiger partial charge in [-0.15, -0.1) is 0 Å². The van der Waals surface area contributed by atoms with E-state index in [0.29, 0.717) is 22.2 Å². The van der Waals surface area contributed by atoms with E-state index in [1.54, 1.807) is 6.07 Å². The van der Waals surface area contributed by atoms with E-state index in [-0.39, 0.29) is 22.6 Å². The van der Waals surface area contributed by atoms with Gasteiger partial charge in [0.25, 0.3) is 0 Å². The Labute approximate surface area is 179 Å². The van der Waals surface area contributed by atoms with Gasteiger partial charge in [0.1, 0.15) is 11.4 Å². The smallest absolute Gasteiger partial charge is 0.427 e. The number of ketones is 1. The summed E-state index contributed by atoms with van der Waals surface area (Å²) >= 11 is 0. The lowest BCUT2D eigenvalue weighted by molar-refractivity contribution is -0.186. The molecular weight excluding hydrogens is 428 g/mol. The summed E-state index contributed by atoms with van der Waals surface area (Å²) in [4.78, 5) is 20.2. The normalized spacial score (nSPS) is 11.5. The van der Waals surface area contributed by atoms with Gasteiger partial charge in [0.15, 0.2) is 24.0 Å². The van der Waals surface area contributed by atoms with Gasteiger partial charge in [-0.3, -0.25) is 4.79 Å². The Kier molecular flexibility index (Phi) is 5.56. The van der Waals surface area contributed by atoms with E-state index >= 15 is 0 Å². The summed E-state index contributed by atoms with van der Waals surface area (Å²) in [5.74, 6) is -1.56. The monoisotopic (exact) mass is 444 g/mol. The molecule has 0 unspecified atom stereocenters. The van der Waals surface area contributed by atoms with Crippen molar-refractivity contribution in [2.24, 2.45) is 0 Å². The Balaban J connectivity index is 1.69. The molecule has 0 radical (unpaired) electrons. The van der Waals surface area contributed by atoms with Crippen LogP contribution in [0.4, 0.5) is 17.6 Å². The highest BCUT2D eigenvalue weighted by molar-refractivity contribution is 6.16. The second kappa shape index (κ2) is 8.33. The number of nitrogens with one attached hydrogen (secondary N) is 1. The van der Waals surface area contributed by atoms with E-state index in [9.17, 15) is 22.4 Å². The van der Waals surface area contributed by atoms with Crippen LogP contribution in [0.5, 0.6) is 11.5 Å². The average molecular weight is 444 g/mol. The van der Waals surface area contributed by atoms with Crippen molar-refractivity contribution < 1.29 is 31.8 Å². The van der Waals surface area contributed by atoms with Crippen LogP contribution in [0.3, 0.4) is 0 Å². The zero-order valence-electron chi connectivity index (χ0n) is 16.7. The first-order valence-electron chi connectivity index (χ1n) is 9.40. The van der Waals surface area contributed by atoms with Crippen LogP contribution in [0.2, 0.25) is 0 Å². The summed E-state index contributed by atoms with van der Waals surface area (Å²) in [6.07, 6.45) is -0.929. The highest BCUT2D eigenvalue weighted by Gasteiger charge is 2.31. The van der Waals surface area contributed by atoms with Crippen LogP contribution >= 0.6 is 0 Å². The second-order valence-corrected chi connectivity index (χ2v) is 6.87. The quantitative estimate of drug-likeness (QED) is 0.300. The minimum Gasteiger partial charge on any atom is -0.494 e. The van der Waals surface area contributed by atoms with Crippen molar-refractivity contribution in [2.75, 3.05) is 13.8 Å². The van der Waals surface area contributed by atoms with Crippen LogP contribution in [0.15, 0.2) is 60.9 Å². The Hall–Kier alpha value is -3.88. The minimum atomic E-state index is -3.90. The predicted octanol–water partition coefficient (Wildman–Crippen LogP) is 5.55. The van der Waals surface area contributed by atoms with Crippen molar-refractivity contribution in [1.29, 1.82) is 0 Å². The van der Waals surface area contributed by atoms with Crippen LogP contribution in [-0.4, -0.2) is 35.6 Å². The first-order valence-corrected chi connectivity index (χ1v) is 9.40. The van der Waals surface area contributed by atoms with Gasteiger partial charge < -0.3 is 14.5 Å². The Bertz CT molecular complexity index is 1290. The summed E-state index contributed by atoms with van der Waals surface area (Å²) in [6, 6.07) is 11.5. The molecule has 1 N–H and O–H groups in total. The zero-order valence-corrected chi connectivity index (χ0v) is 16.7. The molecule has 0 saturated carbocycles. The third-order valence-corrected chi connectivity index (χ3v) is 4.81. The molecule has 0 aliphatic rings. The fourth-order valence-electron chi connectivity index (χ4n) is 3.25. The molecule has 0 atom stereocenters. The van der Waals surface area contributed by atoms with Crippen molar-refractivity contribution in [1.82, 2.24) is 9.97 Å². The lowest BCUT2D eigenvalue weighted by Crippen LogP contribution is -2.26. The van der Waals surface area contributed by atoms with E-state index in [2.05, 4.69) is 14.7 Å². The number of carbonyl (C=O) groups is 1. The third-order valence-electron chi connectivity index (χ3n) is 4.81. The first-order chi connectivity index (χ1) is 15.3. The van der Waals surface area contributed by atoms with Crippen LogP contribution in [0, 0.1) is 5.82 Å². The summed E-state index contributed by atoms with van der Waals surface area (Å²) in [5, 5.41) is 0.457. The number of methoxy groups -OCH3 is 1. The molecule has 0 fully saturated rings. The van der Waals surface area contributed by atoms with Gasteiger partial charge in [-0.1, -0.05) is 18.2 Å². The number of benzene rings is 2. The molecule has 0 amide bonds. The molecule has 2 heterocycles. The van der Waals surface area contributed by atoms with Gasteiger partial charge in [0.05, 0.1) is 12.7 Å². The van der Waals surface area contributed by atoms with Crippen LogP contribution < -0.4 is 9.47 Å². The van der Waals surface area contributed by atoms with E-state index in [4.69, 9.17) is 4.74 Å². The van der Waals surface area contributed by atoms with Gasteiger partial charge in [-0.2, -0.15) is 8.78 Å². The molecule has 2 aromatic carbocycles. The van der Waals surface area contributed by atoms with E-state index < -0.39 is 24.4 Å². The molecule has 0 aliphatic heterocycles. The Morgan fingerprint density at radius 1 is 1.09 bits per heavy atom. The molecule has 164 valence electrons. The van der Waals surface area contributed by atoms with Crippen LogP contribution in [-0.2, 0) is 0 Å². The van der Waals surface area contributed by atoms with E-state index in [0.717, 1.165) is 0 Å². The summed E-state index contributed by atoms with van der Waals surface area (Å²) < 4.78 is 62.2. The standard InChI is InChI=1S/C23H16F4N2O3/c1-31-19-4-2-3-16(20(19)25)21(30)18-11-29-22-17(18)9-14(10-28-22)13-5-7-15(8-6-13)32-23(26,27)12-24/h2-11H,12H2,1H3,(H,28,29). The number of nitrogens with zero attached hydrogens (tertiary/aromatic N) is 1. The number of fused-ring (bicyclic) bond motifs is 1. The summed E-state index contributed by atoms with van der Waals surface area (Å²) in [6.45, 7) is -1.94. The SMILES string of the molecule is COc1cccc(C(=O)c2c[nH]c3ncc(-c4ccc(OC(F)(F)CF)cc4)cc23)c1F. The summed E-state index contributed by atoms with van der Waals surface area (Å²) in [7, 11) is 1.31. The van der Waals surface area contributed by atoms with Crippen LogP contribution in [0.1, 0.15) is 15.9 Å². The largest absolute Gasteiger partial charge is 0.494 e.